The average molecular weight is 1090 g/mol. The summed E-state index contributed by atoms with van der Waals surface area (Å²) in [4.78, 5) is 65.2. The Morgan fingerprint density at radius 1 is 0.823 bits per heavy atom. The van der Waals surface area contributed by atoms with Gasteiger partial charge in [-0.05, 0) is 85.7 Å². The van der Waals surface area contributed by atoms with Gasteiger partial charge in [-0.3, -0.25) is 19.3 Å². The lowest BCUT2D eigenvalue weighted by atomic mass is 9.83. The Hall–Kier alpha value is -6.82. The van der Waals surface area contributed by atoms with Gasteiger partial charge in [-0.2, -0.15) is 9.97 Å². The van der Waals surface area contributed by atoms with E-state index in [4.69, 9.17) is 29.2 Å². The standard InChI is InChI=1S/C62H74N9O7S/c1-4-55(73)65-58(43-14-7-6-8-15-43)61(75)71-27-21-45(38-71)60-63-52(40-79-60)57-49-18-12-9-13-42(49)19-20-54(57)77-34-33-76-47-22-25-67(26-23-47)37-41(3)78-62-64-51-39-70(53-36-46(72)35-44-16-10-11-17-48(44)53)28-24-50(51)59(66-62)69-31-29-68(30-32-69)56(74)5-2/h4-5,9-13,16-20,35-36,40-41,43,45,47,58,72H,2,6-8,14-15,21-34,37-39H2,1,3H3,(H,65,73)/t41-,45?,58+/m1/s1. The van der Waals surface area contributed by atoms with Crippen molar-refractivity contribution in [1.29, 1.82) is 0 Å². The zero-order chi connectivity index (χ0) is 54.4. The molecular formula is C62H74N9O7S. The first-order valence-electron chi connectivity index (χ1n) is 28.6. The summed E-state index contributed by atoms with van der Waals surface area (Å²) in [6.07, 6.45) is 11.5. The summed E-state index contributed by atoms with van der Waals surface area (Å²) in [6.45, 7) is 15.8. The van der Waals surface area contributed by atoms with Crippen LogP contribution in [0.1, 0.15) is 87.4 Å². The van der Waals surface area contributed by atoms with Crippen LogP contribution in [0.15, 0.2) is 90.8 Å². The Labute approximate surface area is 467 Å². The number of carbonyl (C=O) groups is 3. The van der Waals surface area contributed by atoms with Crippen LogP contribution in [0.5, 0.6) is 17.5 Å². The predicted molar refractivity (Wildman–Crippen MR) is 310 cm³/mol. The maximum Gasteiger partial charge on any atom is 0.318 e. The number of anilines is 2. The fourth-order valence-corrected chi connectivity index (χ4v) is 13.5. The number of aromatic nitrogens is 3. The third-order valence-corrected chi connectivity index (χ3v) is 17.8. The molecule has 79 heavy (non-hydrogen) atoms. The van der Waals surface area contributed by atoms with Crippen molar-refractivity contribution < 1.29 is 33.7 Å². The van der Waals surface area contributed by atoms with Gasteiger partial charge in [-0.1, -0.05) is 87.4 Å². The lowest BCUT2D eigenvalue weighted by molar-refractivity contribution is -0.136. The zero-order valence-electron chi connectivity index (χ0n) is 45.7. The van der Waals surface area contributed by atoms with E-state index in [-0.39, 0.29) is 47.5 Å². The van der Waals surface area contributed by atoms with Crippen LogP contribution in [-0.4, -0.2) is 149 Å². The molecule has 415 valence electrons. The summed E-state index contributed by atoms with van der Waals surface area (Å²) in [7, 11) is 0. The van der Waals surface area contributed by atoms with Crippen molar-refractivity contribution >= 4 is 62.1 Å². The lowest BCUT2D eigenvalue weighted by Gasteiger charge is -2.38. The highest BCUT2D eigenvalue weighted by Gasteiger charge is 2.38. The highest BCUT2D eigenvalue weighted by Crippen LogP contribution is 2.41. The average Bonchev–Trinajstić information content (AvgIpc) is 4.22. The number of likely N-dealkylation sites (tertiary alicyclic amines) is 2. The van der Waals surface area contributed by atoms with Gasteiger partial charge < -0.3 is 44.2 Å². The Balaban J connectivity index is 0.692. The van der Waals surface area contributed by atoms with E-state index in [1.165, 1.54) is 18.9 Å². The molecule has 0 bridgehead atoms. The molecule has 4 aliphatic heterocycles. The Morgan fingerprint density at radius 2 is 1.59 bits per heavy atom. The van der Waals surface area contributed by atoms with Crippen LogP contribution in [0.3, 0.4) is 0 Å². The largest absolute Gasteiger partial charge is 0.508 e. The molecule has 3 amide bonds. The van der Waals surface area contributed by atoms with Crippen LogP contribution < -0.4 is 24.6 Å². The monoisotopic (exact) mass is 1090 g/mol. The summed E-state index contributed by atoms with van der Waals surface area (Å²) < 4.78 is 19.6. The molecule has 0 spiro atoms. The SMILES string of the molecule is C=CC(=O)N1CCN(c2nc(O[C@H](C)CN3CCC(OCCOc4ccc5ccccc5c4-c4csc(C5CCN(C(=O)[C@@H](NC(=O)[CH]C)C6CCCCC6)C5)n4)CC3)nc3c2CCN(c2cc(O)cc4ccccc24)C3)CC1. The van der Waals surface area contributed by atoms with Gasteiger partial charge in [0.05, 0.1) is 41.2 Å². The minimum atomic E-state index is -0.485. The van der Waals surface area contributed by atoms with Crippen molar-refractivity contribution in [3.8, 4) is 28.8 Å². The maximum absolute atomic E-state index is 14.0. The molecule has 5 aliphatic rings. The topological polar surface area (TPSA) is 166 Å². The number of thiazole rings is 1. The second-order valence-corrected chi connectivity index (χ2v) is 22.8. The molecule has 17 heteroatoms. The van der Waals surface area contributed by atoms with Gasteiger partial charge in [0.25, 0.3) is 0 Å². The molecule has 16 nitrogen and oxygen atoms in total. The van der Waals surface area contributed by atoms with E-state index in [0.717, 1.165) is 137 Å². The molecular weight excluding hydrogens is 1010 g/mol. The molecule has 1 radical (unpaired) electrons. The number of piperazine rings is 1. The minimum Gasteiger partial charge on any atom is -0.508 e. The van der Waals surface area contributed by atoms with Gasteiger partial charge >= 0.3 is 6.01 Å². The second-order valence-electron chi connectivity index (χ2n) is 22.0. The molecule has 3 saturated heterocycles. The molecule has 6 aromatic rings. The number of carbonyl (C=O) groups excluding carboxylic acids is 3. The summed E-state index contributed by atoms with van der Waals surface area (Å²) in [5.74, 6) is 1.96. The van der Waals surface area contributed by atoms with Crippen molar-refractivity contribution in [2.45, 2.75) is 102 Å². The Morgan fingerprint density at radius 3 is 2.38 bits per heavy atom. The highest BCUT2D eigenvalue weighted by atomic mass is 32.1. The zero-order valence-corrected chi connectivity index (χ0v) is 46.5. The Kier molecular flexibility index (Phi) is 16.9. The number of fused-ring (bicyclic) bond motifs is 3. The number of ether oxygens (including phenoxy) is 3. The van der Waals surface area contributed by atoms with E-state index in [9.17, 15) is 19.5 Å². The van der Waals surface area contributed by atoms with E-state index in [2.05, 4.69) is 69.2 Å². The normalized spacial score (nSPS) is 19.3. The third kappa shape index (κ3) is 12.3. The number of nitrogens with zero attached hydrogens (tertiary/aromatic N) is 8. The van der Waals surface area contributed by atoms with Crippen LogP contribution in [0.2, 0.25) is 0 Å². The van der Waals surface area contributed by atoms with E-state index in [1.807, 2.05) is 46.2 Å². The number of hydrogen-bond acceptors (Lipinski definition) is 14. The number of piperidine rings is 1. The lowest BCUT2D eigenvalue weighted by Crippen LogP contribution is -2.52. The van der Waals surface area contributed by atoms with Crippen molar-refractivity contribution in [3.63, 3.8) is 0 Å². The first-order valence-corrected chi connectivity index (χ1v) is 29.5. The first-order chi connectivity index (χ1) is 38.6. The predicted octanol–water partition coefficient (Wildman–Crippen LogP) is 8.94. The van der Waals surface area contributed by atoms with Crippen molar-refractivity contribution in [1.82, 2.24) is 35.0 Å². The molecule has 2 aromatic heterocycles. The smallest absolute Gasteiger partial charge is 0.318 e. The molecule has 3 atom stereocenters. The highest BCUT2D eigenvalue weighted by molar-refractivity contribution is 7.10. The number of phenols is 1. The number of phenolic OH excluding ortho intramolecular Hbond substituents is 1. The number of aromatic hydroxyl groups is 1. The quantitative estimate of drug-likeness (QED) is 0.0620. The molecule has 1 aliphatic carbocycles. The third-order valence-electron chi connectivity index (χ3n) is 16.8. The molecule has 4 fully saturated rings. The van der Waals surface area contributed by atoms with E-state index in [1.54, 1.807) is 24.3 Å². The van der Waals surface area contributed by atoms with Gasteiger partial charge in [0.15, 0.2) is 0 Å². The number of amides is 3. The molecule has 4 aromatic carbocycles. The number of benzene rings is 4. The number of nitrogens with one attached hydrogen (secondary N) is 1. The minimum absolute atomic E-state index is 0.0349. The maximum atomic E-state index is 14.0. The summed E-state index contributed by atoms with van der Waals surface area (Å²) in [6, 6.07) is 24.1. The van der Waals surface area contributed by atoms with E-state index < -0.39 is 6.04 Å². The van der Waals surface area contributed by atoms with Gasteiger partial charge in [-0.25, -0.2) is 4.98 Å². The van der Waals surface area contributed by atoms with Crippen molar-refractivity contribution in [3.05, 3.63) is 114 Å². The molecule has 1 saturated carbocycles. The molecule has 6 heterocycles. The molecule has 2 N–H and O–H groups in total. The van der Waals surface area contributed by atoms with Crippen LogP contribution >= 0.6 is 11.3 Å². The van der Waals surface area contributed by atoms with E-state index in [0.29, 0.717) is 71.6 Å². The van der Waals surface area contributed by atoms with Crippen LogP contribution in [0.25, 0.3) is 32.8 Å². The number of rotatable bonds is 18. The summed E-state index contributed by atoms with van der Waals surface area (Å²) >= 11 is 1.64. The number of hydrogen-bond donors (Lipinski definition) is 2. The van der Waals surface area contributed by atoms with Crippen molar-refractivity contribution in [2.75, 3.05) is 88.5 Å². The molecule has 1 unspecified atom stereocenters. The second kappa shape index (κ2) is 24.7. The van der Waals surface area contributed by atoms with Gasteiger partial charge in [0.1, 0.15) is 36.1 Å². The van der Waals surface area contributed by atoms with Gasteiger partial charge in [0, 0.05) is 106 Å². The van der Waals surface area contributed by atoms with Crippen LogP contribution in [0, 0.1) is 12.3 Å². The fraction of sp³-hybridized carbons (Fsp3) is 0.468. The summed E-state index contributed by atoms with van der Waals surface area (Å²) in [5.41, 5.74) is 4.82. The first kappa shape index (κ1) is 54.2. The van der Waals surface area contributed by atoms with Crippen LogP contribution in [-0.2, 0) is 32.1 Å². The van der Waals surface area contributed by atoms with Crippen molar-refractivity contribution in [2.24, 2.45) is 5.92 Å². The molecule has 11 rings (SSSR count). The fourth-order valence-electron chi connectivity index (χ4n) is 12.6. The summed E-state index contributed by atoms with van der Waals surface area (Å²) in [5, 5.41) is 21.2. The van der Waals surface area contributed by atoms with E-state index >= 15 is 0 Å². The van der Waals surface area contributed by atoms with Gasteiger partial charge in [-0.15, -0.1) is 11.3 Å². The van der Waals surface area contributed by atoms with Crippen LogP contribution in [0.4, 0.5) is 11.5 Å². The van der Waals surface area contributed by atoms with Gasteiger partial charge in [0.2, 0.25) is 17.7 Å². The Bertz CT molecular complexity index is 3150.